The molecular formula is C20H31N3O. The van der Waals surface area contributed by atoms with Crippen LogP contribution in [-0.4, -0.2) is 41.5 Å². The van der Waals surface area contributed by atoms with E-state index in [1.165, 1.54) is 57.2 Å². The third kappa shape index (κ3) is 5.59. The van der Waals surface area contributed by atoms with Crippen LogP contribution in [0.5, 0.6) is 0 Å². The van der Waals surface area contributed by atoms with Crippen LogP contribution in [0.15, 0.2) is 24.5 Å². The molecule has 1 atom stereocenters. The number of nitrogens with zero attached hydrogens (tertiary/aromatic N) is 2. The number of rotatable bonds is 6. The van der Waals surface area contributed by atoms with Crippen LogP contribution in [0, 0.1) is 5.92 Å². The standard InChI is InChI=1S/C20H31N3O/c24-20(9-8-17-10-12-21-13-11-17)22-19-7-4-14-23(16-19)15-18-5-2-1-3-6-18/h10-13,18-19H,1-9,14-16H2,(H,22,24)/t19-/m0/s1. The molecule has 4 nitrogen and oxygen atoms in total. The molecule has 1 aliphatic heterocycles. The molecule has 1 aromatic rings. The van der Waals surface area contributed by atoms with Gasteiger partial charge in [-0.15, -0.1) is 0 Å². The smallest absolute Gasteiger partial charge is 0.220 e. The predicted molar refractivity (Wildman–Crippen MR) is 96.7 cm³/mol. The zero-order chi connectivity index (χ0) is 16.6. The van der Waals surface area contributed by atoms with E-state index in [4.69, 9.17) is 0 Å². The Kier molecular flexibility index (Phi) is 6.65. The van der Waals surface area contributed by atoms with E-state index in [0.29, 0.717) is 12.5 Å². The minimum atomic E-state index is 0.191. The number of nitrogens with one attached hydrogen (secondary N) is 1. The average Bonchev–Trinajstić information content (AvgIpc) is 2.62. The van der Waals surface area contributed by atoms with Crippen LogP contribution >= 0.6 is 0 Å². The summed E-state index contributed by atoms with van der Waals surface area (Å²) in [4.78, 5) is 18.8. The number of likely N-dealkylation sites (tertiary alicyclic amines) is 1. The molecule has 1 aliphatic carbocycles. The van der Waals surface area contributed by atoms with Gasteiger partial charge in [-0.2, -0.15) is 0 Å². The van der Waals surface area contributed by atoms with E-state index in [1.54, 1.807) is 12.4 Å². The maximum Gasteiger partial charge on any atom is 0.220 e. The van der Waals surface area contributed by atoms with Crippen molar-refractivity contribution < 1.29 is 4.79 Å². The number of aromatic nitrogens is 1. The normalized spacial score (nSPS) is 23.1. The van der Waals surface area contributed by atoms with Crippen LogP contribution in [0.2, 0.25) is 0 Å². The van der Waals surface area contributed by atoms with Crippen molar-refractivity contribution in [2.75, 3.05) is 19.6 Å². The lowest BCUT2D eigenvalue weighted by molar-refractivity contribution is -0.122. The molecule has 0 spiro atoms. The molecule has 2 heterocycles. The van der Waals surface area contributed by atoms with Crippen molar-refractivity contribution in [1.82, 2.24) is 15.2 Å². The molecule has 1 saturated heterocycles. The van der Waals surface area contributed by atoms with Gasteiger partial charge in [-0.25, -0.2) is 0 Å². The molecule has 132 valence electrons. The van der Waals surface area contributed by atoms with E-state index < -0.39 is 0 Å². The van der Waals surface area contributed by atoms with Gasteiger partial charge in [0, 0.05) is 37.9 Å². The average molecular weight is 329 g/mol. The van der Waals surface area contributed by atoms with E-state index in [-0.39, 0.29) is 5.91 Å². The molecule has 2 fully saturated rings. The quantitative estimate of drug-likeness (QED) is 0.872. The van der Waals surface area contributed by atoms with Gasteiger partial charge in [0.05, 0.1) is 0 Å². The highest BCUT2D eigenvalue weighted by atomic mass is 16.1. The topological polar surface area (TPSA) is 45.2 Å². The first kappa shape index (κ1) is 17.4. The number of carbonyl (C=O) groups is 1. The van der Waals surface area contributed by atoms with Crippen molar-refractivity contribution in [2.24, 2.45) is 5.92 Å². The Morgan fingerprint density at radius 3 is 2.71 bits per heavy atom. The van der Waals surface area contributed by atoms with Crippen LogP contribution in [0.4, 0.5) is 0 Å². The van der Waals surface area contributed by atoms with Crippen molar-refractivity contribution in [3.05, 3.63) is 30.1 Å². The van der Waals surface area contributed by atoms with Gasteiger partial charge >= 0.3 is 0 Å². The third-order valence-electron chi connectivity index (χ3n) is 5.50. The first-order chi connectivity index (χ1) is 11.8. The molecule has 1 amide bonds. The lowest BCUT2D eigenvalue weighted by Gasteiger charge is -2.36. The summed E-state index contributed by atoms with van der Waals surface area (Å²) in [6, 6.07) is 4.31. The number of amides is 1. The van der Waals surface area contributed by atoms with E-state index in [9.17, 15) is 4.79 Å². The van der Waals surface area contributed by atoms with Crippen molar-refractivity contribution in [2.45, 2.75) is 63.8 Å². The second kappa shape index (κ2) is 9.16. The molecule has 0 unspecified atom stereocenters. The molecule has 3 rings (SSSR count). The van der Waals surface area contributed by atoms with E-state index >= 15 is 0 Å². The number of hydrogen-bond acceptors (Lipinski definition) is 3. The van der Waals surface area contributed by atoms with Crippen LogP contribution < -0.4 is 5.32 Å². The van der Waals surface area contributed by atoms with Gasteiger partial charge in [0.25, 0.3) is 0 Å². The van der Waals surface area contributed by atoms with Crippen molar-refractivity contribution in [1.29, 1.82) is 0 Å². The largest absolute Gasteiger partial charge is 0.352 e. The van der Waals surface area contributed by atoms with Gasteiger partial charge in [0.15, 0.2) is 0 Å². The minimum Gasteiger partial charge on any atom is -0.352 e. The fourth-order valence-electron chi connectivity index (χ4n) is 4.18. The third-order valence-corrected chi connectivity index (χ3v) is 5.50. The zero-order valence-electron chi connectivity index (χ0n) is 14.8. The van der Waals surface area contributed by atoms with Gasteiger partial charge in [-0.05, 0) is 62.3 Å². The fraction of sp³-hybridized carbons (Fsp3) is 0.700. The Hall–Kier alpha value is -1.42. The number of carbonyl (C=O) groups excluding carboxylic acids is 1. The van der Waals surface area contributed by atoms with Crippen LogP contribution in [0.3, 0.4) is 0 Å². The van der Waals surface area contributed by atoms with Crippen molar-refractivity contribution in [3.63, 3.8) is 0 Å². The van der Waals surface area contributed by atoms with Crippen LogP contribution in [0.25, 0.3) is 0 Å². The van der Waals surface area contributed by atoms with Crippen LogP contribution in [-0.2, 0) is 11.2 Å². The van der Waals surface area contributed by atoms with E-state index in [1.807, 2.05) is 12.1 Å². The van der Waals surface area contributed by atoms with Crippen molar-refractivity contribution in [3.8, 4) is 0 Å². The summed E-state index contributed by atoms with van der Waals surface area (Å²) in [5.74, 6) is 1.08. The number of piperidine rings is 1. The lowest BCUT2D eigenvalue weighted by Crippen LogP contribution is -2.49. The highest BCUT2D eigenvalue weighted by Gasteiger charge is 2.24. The second-order valence-electron chi connectivity index (χ2n) is 7.53. The summed E-state index contributed by atoms with van der Waals surface area (Å²) >= 11 is 0. The van der Waals surface area contributed by atoms with E-state index in [2.05, 4.69) is 15.2 Å². The Morgan fingerprint density at radius 2 is 1.92 bits per heavy atom. The minimum absolute atomic E-state index is 0.191. The Labute approximate surface area is 146 Å². The fourth-order valence-corrected chi connectivity index (χ4v) is 4.18. The summed E-state index contributed by atoms with van der Waals surface area (Å²) in [6.45, 7) is 3.49. The number of pyridine rings is 1. The second-order valence-corrected chi connectivity index (χ2v) is 7.53. The summed E-state index contributed by atoms with van der Waals surface area (Å²) in [6.07, 6.45) is 14.3. The number of hydrogen-bond donors (Lipinski definition) is 1. The summed E-state index contributed by atoms with van der Waals surface area (Å²) in [5, 5.41) is 3.26. The SMILES string of the molecule is O=C(CCc1ccncc1)N[C@H]1CCCN(CC2CCCCC2)C1. The van der Waals surface area contributed by atoms with E-state index in [0.717, 1.165) is 25.3 Å². The summed E-state index contributed by atoms with van der Waals surface area (Å²) < 4.78 is 0. The molecule has 1 N–H and O–H groups in total. The molecule has 4 heteroatoms. The zero-order valence-corrected chi connectivity index (χ0v) is 14.8. The van der Waals surface area contributed by atoms with Gasteiger partial charge in [-0.1, -0.05) is 19.3 Å². The Morgan fingerprint density at radius 1 is 1.12 bits per heavy atom. The molecular weight excluding hydrogens is 298 g/mol. The molecule has 2 aliphatic rings. The first-order valence-corrected chi connectivity index (χ1v) is 9.70. The van der Waals surface area contributed by atoms with Gasteiger partial charge in [-0.3, -0.25) is 9.78 Å². The summed E-state index contributed by atoms with van der Waals surface area (Å²) in [7, 11) is 0. The van der Waals surface area contributed by atoms with Crippen molar-refractivity contribution >= 4 is 5.91 Å². The lowest BCUT2D eigenvalue weighted by atomic mass is 9.88. The molecule has 0 aromatic carbocycles. The Balaban J connectivity index is 1.38. The maximum atomic E-state index is 12.2. The van der Waals surface area contributed by atoms with Gasteiger partial charge < -0.3 is 10.2 Å². The summed E-state index contributed by atoms with van der Waals surface area (Å²) in [5.41, 5.74) is 1.18. The Bertz CT molecular complexity index is 499. The molecule has 1 saturated carbocycles. The predicted octanol–water partition coefficient (Wildman–Crippen LogP) is 3.18. The number of aryl methyl sites for hydroxylation is 1. The molecule has 0 radical (unpaired) electrons. The molecule has 1 aromatic heterocycles. The highest BCUT2D eigenvalue weighted by molar-refractivity contribution is 5.76. The molecule has 0 bridgehead atoms. The van der Waals surface area contributed by atoms with Gasteiger partial charge in [0.1, 0.15) is 0 Å². The first-order valence-electron chi connectivity index (χ1n) is 9.70. The molecule has 24 heavy (non-hydrogen) atoms. The van der Waals surface area contributed by atoms with Crippen LogP contribution in [0.1, 0.15) is 56.9 Å². The van der Waals surface area contributed by atoms with Gasteiger partial charge in [0.2, 0.25) is 5.91 Å². The highest BCUT2D eigenvalue weighted by Crippen LogP contribution is 2.25. The maximum absolute atomic E-state index is 12.2. The monoisotopic (exact) mass is 329 g/mol.